The molecule has 1 aromatic carbocycles. The molecule has 0 heterocycles. The lowest BCUT2D eigenvalue weighted by Gasteiger charge is -2.08. The lowest BCUT2D eigenvalue weighted by Crippen LogP contribution is -1.96. The van der Waals surface area contributed by atoms with Gasteiger partial charge in [-0.3, -0.25) is 0 Å². The molecule has 0 radical (unpaired) electrons. The predicted molar refractivity (Wildman–Crippen MR) is 54.6 cm³/mol. The van der Waals surface area contributed by atoms with Crippen molar-refractivity contribution in [1.82, 2.24) is 0 Å². The average molecular weight is 181 g/mol. The van der Waals surface area contributed by atoms with E-state index < -0.39 is 0 Å². The van der Waals surface area contributed by atoms with E-state index in [1.165, 1.54) is 5.56 Å². The standard InChI is InChI=1S/C11H16O2/c1-4-12-10-7-6-9(3)8-11(10)13-5-2/h6-8H,4-5H2,1-3H3/p+1. The fourth-order valence-electron chi connectivity index (χ4n) is 1.19. The Morgan fingerprint density at radius 3 is 2.69 bits per heavy atom. The van der Waals surface area contributed by atoms with Crippen LogP contribution in [-0.2, 0) is 0 Å². The molecule has 2 heteroatoms. The Labute approximate surface area is 79.5 Å². The molecule has 0 atom stereocenters. The Morgan fingerprint density at radius 2 is 2.08 bits per heavy atom. The van der Waals surface area contributed by atoms with Crippen molar-refractivity contribution in [2.45, 2.75) is 20.8 Å². The van der Waals surface area contributed by atoms with Crippen LogP contribution in [0.3, 0.4) is 0 Å². The summed E-state index contributed by atoms with van der Waals surface area (Å²) >= 11 is 0. The van der Waals surface area contributed by atoms with Crippen LogP contribution in [0, 0.1) is 6.92 Å². The van der Waals surface area contributed by atoms with Crippen LogP contribution in [0.1, 0.15) is 19.4 Å². The van der Waals surface area contributed by atoms with Crippen molar-refractivity contribution in [3.63, 3.8) is 0 Å². The third-order valence-corrected chi connectivity index (χ3v) is 1.74. The van der Waals surface area contributed by atoms with Gasteiger partial charge in [-0.1, -0.05) is 0 Å². The lowest BCUT2D eigenvalue weighted by atomic mass is 10.2. The molecule has 0 saturated carbocycles. The molecular weight excluding hydrogens is 164 g/mol. The van der Waals surface area contributed by atoms with Crippen LogP contribution in [-0.4, -0.2) is 18.0 Å². The second-order valence-corrected chi connectivity index (χ2v) is 2.88. The van der Waals surface area contributed by atoms with Crippen molar-refractivity contribution in [1.29, 1.82) is 0 Å². The molecule has 0 aliphatic carbocycles. The first kappa shape index (κ1) is 9.90. The van der Waals surface area contributed by atoms with E-state index in [1.807, 2.05) is 26.0 Å². The van der Waals surface area contributed by atoms with Gasteiger partial charge in [-0.25, -0.2) is 0 Å². The Balaban J connectivity index is 2.89. The van der Waals surface area contributed by atoms with Gasteiger partial charge in [0.15, 0.2) is 6.61 Å². The molecule has 0 bridgehead atoms. The quantitative estimate of drug-likeness (QED) is 0.654. The number of hydrogen-bond donors (Lipinski definition) is 0. The van der Waals surface area contributed by atoms with Gasteiger partial charge in [-0.05, 0) is 31.5 Å². The molecule has 0 aliphatic rings. The minimum absolute atomic E-state index is 0.690. The van der Waals surface area contributed by atoms with Gasteiger partial charge in [0.2, 0.25) is 5.75 Å². The number of aromatic hydroxyl groups is 1. The van der Waals surface area contributed by atoms with E-state index in [0.717, 1.165) is 18.1 Å². The smallest absolute Gasteiger partial charge is 0.297 e. The number of aryl methyl sites for hydroxylation is 1. The van der Waals surface area contributed by atoms with Crippen LogP contribution in [0.2, 0.25) is 0 Å². The van der Waals surface area contributed by atoms with Crippen molar-refractivity contribution < 1.29 is 9.47 Å². The largest absolute Gasteiger partial charge is 0.580 e. The second kappa shape index (κ2) is 4.75. The van der Waals surface area contributed by atoms with E-state index in [4.69, 9.17) is 4.74 Å². The fourth-order valence-corrected chi connectivity index (χ4v) is 1.19. The number of aliphatic hydroxyl groups is 1. The van der Waals surface area contributed by atoms with E-state index in [2.05, 4.69) is 17.7 Å². The Morgan fingerprint density at radius 1 is 1.31 bits per heavy atom. The number of rotatable bonds is 4. The molecule has 0 fully saturated rings. The monoisotopic (exact) mass is 181 g/mol. The topological polar surface area (TPSA) is 22.0 Å². The first-order chi connectivity index (χ1) is 6.27. The van der Waals surface area contributed by atoms with Gasteiger partial charge in [-0.2, -0.15) is 0 Å². The highest BCUT2D eigenvalue weighted by molar-refractivity contribution is 5.41. The maximum absolute atomic E-state index is 5.48. The van der Waals surface area contributed by atoms with Gasteiger partial charge in [0.25, 0.3) is 5.75 Å². The average Bonchev–Trinajstić information content (AvgIpc) is 2.10. The lowest BCUT2D eigenvalue weighted by molar-refractivity contribution is 0.0742. The van der Waals surface area contributed by atoms with Crippen molar-refractivity contribution in [2.24, 2.45) is 0 Å². The van der Waals surface area contributed by atoms with Gasteiger partial charge in [0.05, 0.1) is 6.61 Å². The van der Waals surface area contributed by atoms with Crippen LogP contribution >= 0.6 is 0 Å². The van der Waals surface area contributed by atoms with Gasteiger partial charge in [-0.15, -0.1) is 0 Å². The maximum atomic E-state index is 5.48. The summed E-state index contributed by atoms with van der Waals surface area (Å²) in [5.41, 5.74) is 1.21. The summed E-state index contributed by atoms with van der Waals surface area (Å²) < 4.78 is 9.82. The molecule has 1 N–H and O–H groups in total. The molecule has 0 aliphatic heterocycles. The first-order valence-corrected chi connectivity index (χ1v) is 4.68. The molecule has 0 spiro atoms. The SMILES string of the molecule is CCOc1cc(C)ccc1[OH+]CC. The zero-order chi connectivity index (χ0) is 9.68. The predicted octanol–water partition coefficient (Wildman–Crippen LogP) is 2.65. The minimum atomic E-state index is 0.690. The highest BCUT2D eigenvalue weighted by atomic mass is 16.5. The van der Waals surface area contributed by atoms with Crippen molar-refractivity contribution in [3.8, 4) is 11.5 Å². The second-order valence-electron chi connectivity index (χ2n) is 2.88. The summed E-state index contributed by atoms with van der Waals surface area (Å²) in [7, 11) is 0. The maximum Gasteiger partial charge on any atom is 0.297 e. The molecule has 1 rings (SSSR count). The van der Waals surface area contributed by atoms with Crippen LogP contribution < -0.4 is 4.74 Å². The van der Waals surface area contributed by atoms with E-state index in [-0.39, 0.29) is 0 Å². The third kappa shape index (κ3) is 2.65. The van der Waals surface area contributed by atoms with Gasteiger partial charge in [0, 0.05) is 13.0 Å². The summed E-state index contributed by atoms with van der Waals surface area (Å²) in [6, 6.07) is 6.08. The summed E-state index contributed by atoms with van der Waals surface area (Å²) in [6.45, 7) is 7.55. The van der Waals surface area contributed by atoms with Gasteiger partial charge >= 0.3 is 0 Å². The first-order valence-electron chi connectivity index (χ1n) is 4.68. The van der Waals surface area contributed by atoms with E-state index in [1.54, 1.807) is 0 Å². The van der Waals surface area contributed by atoms with Crippen LogP contribution in [0.15, 0.2) is 18.2 Å². The molecule has 0 amide bonds. The number of ether oxygens (including phenoxy) is 2. The van der Waals surface area contributed by atoms with Crippen molar-refractivity contribution in [3.05, 3.63) is 23.8 Å². The molecule has 0 unspecified atom stereocenters. The molecule has 1 aromatic rings. The van der Waals surface area contributed by atoms with Crippen LogP contribution in [0.25, 0.3) is 0 Å². The molecule has 0 aromatic heterocycles. The summed E-state index contributed by atoms with van der Waals surface area (Å²) in [5, 5.41) is 0. The normalized spacial score (nSPS) is 9.77. The highest BCUT2D eigenvalue weighted by Gasteiger charge is 2.07. The third-order valence-electron chi connectivity index (χ3n) is 1.74. The van der Waals surface area contributed by atoms with E-state index in [9.17, 15) is 0 Å². The van der Waals surface area contributed by atoms with Gasteiger partial charge in [0.1, 0.15) is 0 Å². The molecule has 2 nitrogen and oxygen atoms in total. The summed E-state index contributed by atoms with van der Waals surface area (Å²) in [4.78, 5) is 0. The van der Waals surface area contributed by atoms with E-state index >= 15 is 0 Å². The zero-order valence-electron chi connectivity index (χ0n) is 8.50. The van der Waals surface area contributed by atoms with Crippen LogP contribution in [0.5, 0.6) is 11.5 Å². The molecule has 72 valence electrons. The molecule has 0 saturated heterocycles. The Kier molecular flexibility index (Phi) is 3.62. The summed E-state index contributed by atoms with van der Waals surface area (Å²) in [6.07, 6.45) is 0. The highest BCUT2D eigenvalue weighted by Crippen LogP contribution is 2.28. The number of benzene rings is 1. The Hall–Kier alpha value is -1.18. The van der Waals surface area contributed by atoms with Crippen molar-refractivity contribution >= 4 is 0 Å². The minimum Gasteiger partial charge on any atom is -0.580 e. The van der Waals surface area contributed by atoms with E-state index in [0.29, 0.717) is 6.61 Å². The Bertz CT molecular complexity index is 269. The molecule has 13 heavy (non-hydrogen) atoms. The summed E-state index contributed by atoms with van der Waals surface area (Å²) in [5.74, 6) is 1.85. The number of hydrogen-bond acceptors (Lipinski definition) is 1. The fraction of sp³-hybridized carbons (Fsp3) is 0.455. The van der Waals surface area contributed by atoms with Crippen LogP contribution in [0.4, 0.5) is 0 Å². The molecular formula is C11H17O2+. The van der Waals surface area contributed by atoms with Gasteiger partial charge < -0.3 is 9.47 Å². The van der Waals surface area contributed by atoms with Crippen molar-refractivity contribution in [2.75, 3.05) is 13.2 Å². The zero-order valence-corrected chi connectivity index (χ0v) is 8.50.